The van der Waals surface area contributed by atoms with E-state index >= 15 is 0 Å². The van der Waals surface area contributed by atoms with E-state index in [9.17, 15) is 0 Å². The van der Waals surface area contributed by atoms with Gasteiger partial charge < -0.3 is 4.90 Å². The summed E-state index contributed by atoms with van der Waals surface area (Å²) in [5.41, 5.74) is 0. The summed E-state index contributed by atoms with van der Waals surface area (Å²) in [4.78, 5) is 9.38. The first-order valence-electron chi connectivity index (χ1n) is 6.43. The molecule has 0 aromatic carbocycles. The zero-order valence-corrected chi connectivity index (χ0v) is 11.5. The molecule has 3 rings (SSSR count). The van der Waals surface area contributed by atoms with Crippen molar-refractivity contribution in [1.29, 1.82) is 0 Å². The van der Waals surface area contributed by atoms with Gasteiger partial charge >= 0.3 is 0 Å². The number of rotatable bonds is 2. The van der Waals surface area contributed by atoms with Gasteiger partial charge in [0.1, 0.15) is 5.15 Å². The highest BCUT2D eigenvalue weighted by molar-refractivity contribution is 7.14. The van der Waals surface area contributed by atoms with Crippen molar-refractivity contribution in [3.05, 3.63) is 10.5 Å². The Hall–Kier alpha value is -0.320. The topological polar surface area (TPSA) is 19.4 Å². The second kappa shape index (κ2) is 5.12. The van der Waals surface area contributed by atoms with Gasteiger partial charge in [0, 0.05) is 37.6 Å². The molecule has 2 heterocycles. The van der Waals surface area contributed by atoms with Gasteiger partial charge in [-0.1, -0.05) is 24.4 Å². The van der Waals surface area contributed by atoms with E-state index in [1.54, 1.807) is 11.3 Å². The molecule has 94 valence electrons. The third-order valence-corrected chi connectivity index (χ3v) is 5.11. The molecule has 5 heteroatoms. The van der Waals surface area contributed by atoms with Gasteiger partial charge in [-0.25, -0.2) is 4.98 Å². The molecule has 0 spiro atoms. The number of halogens is 1. The Labute approximate surface area is 111 Å². The highest BCUT2D eigenvalue weighted by atomic mass is 35.5. The summed E-state index contributed by atoms with van der Waals surface area (Å²) < 4.78 is 0. The van der Waals surface area contributed by atoms with Gasteiger partial charge in [-0.15, -0.1) is 11.3 Å². The van der Waals surface area contributed by atoms with Crippen LogP contribution in [0.4, 0.5) is 5.13 Å². The summed E-state index contributed by atoms with van der Waals surface area (Å²) in [6.07, 6.45) is 5.66. The van der Waals surface area contributed by atoms with Gasteiger partial charge in [-0.3, -0.25) is 4.90 Å². The maximum Gasteiger partial charge on any atom is 0.186 e. The minimum absolute atomic E-state index is 0.628. The Morgan fingerprint density at radius 3 is 2.47 bits per heavy atom. The van der Waals surface area contributed by atoms with E-state index in [4.69, 9.17) is 11.6 Å². The van der Waals surface area contributed by atoms with Crippen molar-refractivity contribution >= 4 is 28.1 Å². The van der Waals surface area contributed by atoms with E-state index in [1.165, 1.54) is 38.8 Å². The molecule has 0 bridgehead atoms. The first kappa shape index (κ1) is 11.8. The third-order valence-electron chi connectivity index (χ3n) is 3.89. The molecule has 0 amide bonds. The fourth-order valence-electron chi connectivity index (χ4n) is 2.94. The van der Waals surface area contributed by atoms with Crippen molar-refractivity contribution < 1.29 is 0 Å². The first-order valence-corrected chi connectivity index (χ1v) is 7.69. The molecule has 0 unspecified atom stereocenters. The number of anilines is 1. The van der Waals surface area contributed by atoms with Crippen molar-refractivity contribution in [2.75, 3.05) is 31.1 Å². The molecule has 1 saturated carbocycles. The number of nitrogens with zero attached hydrogens (tertiary/aromatic N) is 3. The van der Waals surface area contributed by atoms with Gasteiger partial charge in [-0.05, 0) is 12.8 Å². The maximum absolute atomic E-state index is 5.87. The molecular formula is C12H18ClN3S. The molecule has 1 aliphatic heterocycles. The predicted molar refractivity (Wildman–Crippen MR) is 73.2 cm³/mol. The van der Waals surface area contributed by atoms with Gasteiger partial charge in [0.25, 0.3) is 0 Å². The van der Waals surface area contributed by atoms with Crippen LogP contribution in [0.1, 0.15) is 25.7 Å². The Morgan fingerprint density at radius 1 is 1.18 bits per heavy atom. The number of hydrogen-bond acceptors (Lipinski definition) is 4. The molecule has 0 N–H and O–H groups in total. The highest BCUT2D eigenvalue weighted by Crippen LogP contribution is 2.27. The summed E-state index contributed by atoms with van der Waals surface area (Å²) in [6, 6.07) is 0.858. The summed E-state index contributed by atoms with van der Waals surface area (Å²) in [7, 11) is 0. The Kier molecular flexibility index (Phi) is 3.54. The number of aromatic nitrogens is 1. The van der Waals surface area contributed by atoms with Crippen LogP contribution < -0.4 is 4.90 Å². The lowest BCUT2D eigenvalue weighted by Crippen LogP contribution is -2.49. The minimum Gasteiger partial charge on any atom is -0.345 e. The third kappa shape index (κ3) is 2.59. The second-order valence-electron chi connectivity index (χ2n) is 4.91. The summed E-state index contributed by atoms with van der Waals surface area (Å²) >= 11 is 7.53. The monoisotopic (exact) mass is 271 g/mol. The molecule has 0 atom stereocenters. The van der Waals surface area contributed by atoms with Crippen molar-refractivity contribution in [1.82, 2.24) is 9.88 Å². The summed E-state index contributed by atoms with van der Waals surface area (Å²) in [5, 5.41) is 3.63. The molecule has 2 fully saturated rings. The van der Waals surface area contributed by atoms with Crippen molar-refractivity contribution in [2.45, 2.75) is 31.7 Å². The zero-order valence-electron chi connectivity index (χ0n) is 9.94. The molecule has 1 aromatic rings. The van der Waals surface area contributed by atoms with Gasteiger partial charge in [0.05, 0.1) is 0 Å². The molecule has 17 heavy (non-hydrogen) atoms. The highest BCUT2D eigenvalue weighted by Gasteiger charge is 2.26. The lowest BCUT2D eigenvalue weighted by atomic mass is 10.2. The van der Waals surface area contributed by atoms with Crippen LogP contribution in [0.5, 0.6) is 0 Å². The lowest BCUT2D eigenvalue weighted by molar-refractivity contribution is 0.187. The van der Waals surface area contributed by atoms with Crippen LogP contribution >= 0.6 is 22.9 Å². The Bertz CT molecular complexity index is 368. The van der Waals surface area contributed by atoms with Crippen LogP contribution in [0, 0.1) is 0 Å². The normalized spacial score (nSPS) is 23.5. The van der Waals surface area contributed by atoms with E-state index in [1.807, 2.05) is 5.38 Å². The fraction of sp³-hybridized carbons (Fsp3) is 0.750. The van der Waals surface area contributed by atoms with Crippen molar-refractivity contribution in [3.8, 4) is 0 Å². The number of hydrogen-bond donors (Lipinski definition) is 0. The van der Waals surface area contributed by atoms with E-state index in [-0.39, 0.29) is 0 Å². The lowest BCUT2D eigenvalue weighted by Gasteiger charge is -2.37. The molecule has 1 aliphatic carbocycles. The van der Waals surface area contributed by atoms with Gasteiger partial charge in [-0.2, -0.15) is 0 Å². The van der Waals surface area contributed by atoms with E-state index in [0.29, 0.717) is 5.15 Å². The molecule has 0 radical (unpaired) electrons. The fourth-order valence-corrected chi connectivity index (χ4v) is 3.94. The van der Waals surface area contributed by atoms with E-state index in [2.05, 4.69) is 14.8 Å². The van der Waals surface area contributed by atoms with Crippen LogP contribution in [-0.2, 0) is 0 Å². The van der Waals surface area contributed by atoms with Crippen molar-refractivity contribution in [3.63, 3.8) is 0 Å². The number of piperazine rings is 1. The van der Waals surface area contributed by atoms with Crippen LogP contribution in [0.2, 0.25) is 5.15 Å². The zero-order chi connectivity index (χ0) is 11.7. The largest absolute Gasteiger partial charge is 0.345 e. The van der Waals surface area contributed by atoms with Crippen LogP contribution in [0.25, 0.3) is 0 Å². The van der Waals surface area contributed by atoms with Crippen LogP contribution in [-0.4, -0.2) is 42.1 Å². The van der Waals surface area contributed by atoms with E-state index in [0.717, 1.165) is 24.3 Å². The van der Waals surface area contributed by atoms with Gasteiger partial charge in [0.2, 0.25) is 0 Å². The molecule has 1 saturated heterocycles. The maximum atomic E-state index is 5.87. The van der Waals surface area contributed by atoms with Crippen LogP contribution in [0.3, 0.4) is 0 Å². The average Bonchev–Trinajstić information content (AvgIpc) is 3.00. The first-order chi connectivity index (χ1) is 8.33. The van der Waals surface area contributed by atoms with E-state index < -0.39 is 0 Å². The Balaban J connectivity index is 1.56. The molecule has 2 aliphatic rings. The Morgan fingerprint density at radius 2 is 1.88 bits per heavy atom. The SMILES string of the molecule is Clc1csc(N2CCN(C3CCCC3)CC2)n1. The number of thiazole rings is 1. The second-order valence-corrected chi connectivity index (χ2v) is 6.14. The standard InChI is InChI=1S/C12H18ClN3S/c13-11-9-17-12(14-11)16-7-5-15(6-8-16)10-3-1-2-4-10/h9-10H,1-8H2. The minimum atomic E-state index is 0.628. The van der Waals surface area contributed by atoms with Gasteiger partial charge in [0.15, 0.2) is 5.13 Å². The quantitative estimate of drug-likeness (QED) is 0.825. The smallest absolute Gasteiger partial charge is 0.186 e. The van der Waals surface area contributed by atoms with Crippen LogP contribution in [0.15, 0.2) is 5.38 Å². The predicted octanol–water partition coefficient (Wildman–Crippen LogP) is 2.86. The molecule has 1 aromatic heterocycles. The molecule has 3 nitrogen and oxygen atoms in total. The van der Waals surface area contributed by atoms with Crippen molar-refractivity contribution in [2.24, 2.45) is 0 Å². The summed E-state index contributed by atoms with van der Waals surface area (Å²) in [5.74, 6) is 0. The summed E-state index contributed by atoms with van der Waals surface area (Å²) in [6.45, 7) is 4.56. The average molecular weight is 272 g/mol. The molecular weight excluding hydrogens is 254 g/mol.